The van der Waals surface area contributed by atoms with E-state index in [0.717, 1.165) is 10.4 Å². The Hall–Kier alpha value is -1.48. The van der Waals surface area contributed by atoms with Gasteiger partial charge < -0.3 is 5.11 Å². The van der Waals surface area contributed by atoms with Crippen LogP contribution in [-0.4, -0.2) is 24.2 Å². The molecule has 0 atom stereocenters. The third-order valence-electron chi connectivity index (χ3n) is 1.60. The number of nitrogens with one attached hydrogen (secondary N) is 1. The summed E-state index contributed by atoms with van der Waals surface area (Å²) in [6.45, 7) is 3.81. The fourth-order valence-electron chi connectivity index (χ4n) is 1.02. The van der Waals surface area contributed by atoms with Crippen molar-refractivity contribution in [1.29, 1.82) is 0 Å². The van der Waals surface area contributed by atoms with E-state index in [2.05, 4.69) is 12.0 Å². The molecular formula is C10H14N2O. The largest absolute Gasteiger partial charge is 0.493 e. The van der Waals surface area contributed by atoms with Crippen molar-refractivity contribution >= 4 is 12.5 Å². The van der Waals surface area contributed by atoms with E-state index in [0.29, 0.717) is 0 Å². The van der Waals surface area contributed by atoms with Gasteiger partial charge in [0, 0.05) is 19.3 Å². The molecule has 0 heterocycles. The second-order valence-corrected chi connectivity index (χ2v) is 3.01. The minimum atomic E-state index is 0.121. The van der Waals surface area contributed by atoms with E-state index in [-0.39, 0.29) is 5.88 Å². The molecule has 1 rings (SSSR count). The summed E-state index contributed by atoms with van der Waals surface area (Å²) in [5.41, 5.74) is 2.77. The van der Waals surface area contributed by atoms with Gasteiger partial charge in [-0.15, -0.1) is 0 Å². The fourth-order valence-corrected chi connectivity index (χ4v) is 1.02. The van der Waals surface area contributed by atoms with Crippen molar-refractivity contribution in [3.8, 4) is 0 Å². The van der Waals surface area contributed by atoms with Crippen LogP contribution in [0.25, 0.3) is 12.5 Å². The predicted molar refractivity (Wildman–Crippen MR) is 54.1 cm³/mol. The molecule has 1 aromatic rings. The quantitative estimate of drug-likeness (QED) is 0.615. The molecule has 0 aliphatic carbocycles. The molecule has 0 bridgehead atoms. The Morgan fingerprint density at radius 2 is 2.00 bits per heavy atom. The Labute approximate surface area is 77.6 Å². The number of aliphatic hydroxyl groups excluding tert-OH is 1. The molecule has 0 aliphatic rings. The van der Waals surface area contributed by atoms with Gasteiger partial charge in [0.25, 0.3) is 0 Å². The molecule has 0 spiro atoms. The minimum absolute atomic E-state index is 0.121. The summed E-state index contributed by atoms with van der Waals surface area (Å²) in [5.74, 6) is 0.121. The second-order valence-electron chi connectivity index (χ2n) is 3.01. The number of hydrazine groups is 1. The normalized spacial score (nSPS) is 12.8. The molecule has 0 amide bonds. The van der Waals surface area contributed by atoms with Gasteiger partial charge in [0.05, 0.1) is 0 Å². The molecule has 0 aliphatic heterocycles. The van der Waals surface area contributed by atoms with Crippen molar-refractivity contribution in [2.75, 3.05) is 14.1 Å². The van der Waals surface area contributed by atoms with E-state index in [4.69, 9.17) is 0 Å². The van der Waals surface area contributed by atoms with Gasteiger partial charge in [-0.3, -0.25) is 5.43 Å². The lowest BCUT2D eigenvalue weighted by molar-refractivity contribution is 0.293. The molecule has 0 radical (unpaired) electrons. The fraction of sp³-hybridized carbons (Fsp3) is 0.200. The van der Waals surface area contributed by atoms with Crippen molar-refractivity contribution in [1.82, 2.24) is 10.4 Å². The zero-order valence-electron chi connectivity index (χ0n) is 7.91. The molecular weight excluding hydrogens is 164 g/mol. The molecule has 70 valence electrons. The zero-order chi connectivity index (χ0) is 9.84. The Balaban J connectivity index is 3.18. The first kappa shape index (κ1) is 9.61. The molecule has 3 heteroatoms. The molecule has 3 nitrogen and oxygen atoms in total. The molecule has 0 aromatic heterocycles. The van der Waals surface area contributed by atoms with Crippen LogP contribution in [0.2, 0.25) is 0 Å². The maximum absolute atomic E-state index is 9.60. The topological polar surface area (TPSA) is 35.5 Å². The van der Waals surface area contributed by atoms with Crippen LogP contribution in [0.15, 0.2) is 24.3 Å². The van der Waals surface area contributed by atoms with E-state index in [1.54, 1.807) is 5.01 Å². The Morgan fingerprint density at radius 3 is 2.54 bits per heavy atom. The predicted octanol–water partition coefficient (Wildman–Crippen LogP) is -0.213. The Morgan fingerprint density at radius 1 is 1.38 bits per heavy atom. The van der Waals surface area contributed by atoms with Crippen LogP contribution in [-0.2, 0) is 0 Å². The summed E-state index contributed by atoms with van der Waals surface area (Å²) in [7, 11) is 3.61. The second kappa shape index (κ2) is 3.96. The Kier molecular flexibility index (Phi) is 2.93. The van der Waals surface area contributed by atoms with E-state index < -0.39 is 0 Å². The van der Waals surface area contributed by atoms with E-state index in [9.17, 15) is 5.11 Å². The summed E-state index contributed by atoms with van der Waals surface area (Å²) in [5, 5.41) is 12.8. The van der Waals surface area contributed by atoms with Gasteiger partial charge in [-0.1, -0.05) is 24.8 Å². The first-order valence-electron chi connectivity index (χ1n) is 4.02. The number of benzene rings is 1. The van der Waals surface area contributed by atoms with Crippen LogP contribution < -0.4 is 15.9 Å². The number of nitrogens with zero attached hydrogens (tertiary/aromatic N) is 1. The average molecular weight is 178 g/mol. The van der Waals surface area contributed by atoms with Gasteiger partial charge in [0.1, 0.15) is 0 Å². The third kappa shape index (κ3) is 2.49. The summed E-state index contributed by atoms with van der Waals surface area (Å²) in [4.78, 5) is 0. The lowest BCUT2D eigenvalue weighted by atomic mass is 10.2. The van der Waals surface area contributed by atoms with Gasteiger partial charge in [-0.05, 0) is 11.3 Å². The van der Waals surface area contributed by atoms with Crippen LogP contribution in [0, 0.1) is 0 Å². The van der Waals surface area contributed by atoms with Gasteiger partial charge in [0.15, 0.2) is 0 Å². The van der Waals surface area contributed by atoms with Crippen molar-refractivity contribution in [3.05, 3.63) is 34.7 Å². The molecule has 0 fully saturated rings. The first-order chi connectivity index (χ1) is 6.11. The number of hydrogen-bond acceptors (Lipinski definition) is 3. The number of hydrogen-bond donors (Lipinski definition) is 2. The van der Waals surface area contributed by atoms with E-state index in [1.165, 1.54) is 0 Å². The summed E-state index contributed by atoms with van der Waals surface area (Å²) < 4.78 is 0. The SMILES string of the molecule is C=c1cccc/c1=C(/O)NN(C)C. The average Bonchev–Trinajstić information content (AvgIpc) is 2.03. The molecule has 0 unspecified atom stereocenters. The molecule has 0 saturated carbocycles. The van der Waals surface area contributed by atoms with Crippen LogP contribution in [0.5, 0.6) is 0 Å². The van der Waals surface area contributed by atoms with Crippen LogP contribution in [0.3, 0.4) is 0 Å². The summed E-state index contributed by atoms with van der Waals surface area (Å²) in [6.07, 6.45) is 0. The van der Waals surface area contributed by atoms with Crippen molar-refractivity contribution in [2.24, 2.45) is 0 Å². The number of aliphatic hydroxyl groups is 1. The standard InChI is InChI=1S/C10H14N2O/c1-8-6-4-5-7-9(8)10(13)11-12(2)3/h4-7,11,13H,1H2,2-3H3/b10-9-. The van der Waals surface area contributed by atoms with Gasteiger partial charge >= 0.3 is 0 Å². The van der Waals surface area contributed by atoms with Gasteiger partial charge in [0.2, 0.25) is 5.88 Å². The maximum atomic E-state index is 9.60. The lowest BCUT2D eigenvalue weighted by Gasteiger charge is -2.11. The Bertz CT molecular complexity index is 384. The van der Waals surface area contributed by atoms with E-state index >= 15 is 0 Å². The third-order valence-corrected chi connectivity index (χ3v) is 1.60. The van der Waals surface area contributed by atoms with Gasteiger partial charge in [-0.2, -0.15) is 0 Å². The van der Waals surface area contributed by atoms with Gasteiger partial charge in [-0.25, -0.2) is 5.01 Å². The van der Waals surface area contributed by atoms with Crippen LogP contribution in [0.1, 0.15) is 0 Å². The highest BCUT2D eigenvalue weighted by molar-refractivity contribution is 5.32. The summed E-state index contributed by atoms with van der Waals surface area (Å²) >= 11 is 0. The zero-order valence-corrected chi connectivity index (χ0v) is 7.91. The van der Waals surface area contributed by atoms with Crippen molar-refractivity contribution in [3.63, 3.8) is 0 Å². The lowest BCUT2D eigenvalue weighted by Crippen LogP contribution is -2.36. The summed E-state index contributed by atoms with van der Waals surface area (Å²) in [6, 6.07) is 7.41. The highest BCUT2D eigenvalue weighted by Crippen LogP contribution is 1.78. The molecule has 0 saturated heterocycles. The van der Waals surface area contributed by atoms with Crippen molar-refractivity contribution < 1.29 is 5.11 Å². The molecule has 1 aromatic carbocycles. The maximum Gasteiger partial charge on any atom is 0.207 e. The number of rotatable bonds is 2. The van der Waals surface area contributed by atoms with Crippen LogP contribution in [0.4, 0.5) is 0 Å². The highest BCUT2D eigenvalue weighted by atomic mass is 16.3. The minimum Gasteiger partial charge on any atom is -0.493 e. The molecule has 2 N–H and O–H groups in total. The highest BCUT2D eigenvalue weighted by Gasteiger charge is 1.94. The monoisotopic (exact) mass is 178 g/mol. The smallest absolute Gasteiger partial charge is 0.207 e. The first-order valence-corrected chi connectivity index (χ1v) is 4.02. The molecule has 13 heavy (non-hydrogen) atoms. The van der Waals surface area contributed by atoms with E-state index in [1.807, 2.05) is 38.4 Å². The van der Waals surface area contributed by atoms with Crippen LogP contribution >= 0.6 is 0 Å². The van der Waals surface area contributed by atoms with Crippen molar-refractivity contribution in [2.45, 2.75) is 0 Å².